The summed E-state index contributed by atoms with van der Waals surface area (Å²) in [5, 5.41) is 12.2. The highest BCUT2D eigenvalue weighted by Gasteiger charge is 2.37. The van der Waals surface area contributed by atoms with Gasteiger partial charge in [-0.05, 0) is 32.7 Å². The lowest BCUT2D eigenvalue weighted by atomic mass is 10.1. The summed E-state index contributed by atoms with van der Waals surface area (Å²) in [7, 11) is 0. The second-order valence-electron chi connectivity index (χ2n) is 4.57. The van der Waals surface area contributed by atoms with E-state index in [9.17, 15) is 0 Å². The number of nitrogens with one attached hydrogen (secondary N) is 1. The van der Waals surface area contributed by atoms with Gasteiger partial charge in [-0.25, -0.2) is 0 Å². The van der Waals surface area contributed by atoms with E-state index in [0.29, 0.717) is 18.5 Å². The van der Waals surface area contributed by atoms with Crippen molar-refractivity contribution in [3.63, 3.8) is 0 Å². The molecule has 0 aromatic heterocycles. The van der Waals surface area contributed by atoms with Crippen molar-refractivity contribution in [1.29, 1.82) is 5.26 Å². The summed E-state index contributed by atoms with van der Waals surface area (Å²) in [5.41, 5.74) is 0. The van der Waals surface area contributed by atoms with Gasteiger partial charge in [0.15, 0.2) is 0 Å². The highest BCUT2D eigenvalue weighted by atomic mass is 15.2. The number of hydrogen-bond donors (Lipinski definition) is 1. The third kappa shape index (κ3) is 1.92. The minimum atomic E-state index is 0.352. The van der Waals surface area contributed by atoms with Crippen molar-refractivity contribution in [3.8, 4) is 6.07 Å². The Morgan fingerprint density at radius 2 is 2.36 bits per heavy atom. The minimum absolute atomic E-state index is 0.352. The van der Waals surface area contributed by atoms with E-state index in [1.54, 1.807) is 0 Å². The molecule has 3 heteroatoms. The van der Waals surface area contributed by atoms with E-state index in [2.05, 4.69) is 23.2 Å². The fourth-order valence-corrected chi connectivity index (χ4v) is 2.84. The molecule has 2 heterocycles. The Hall–Kier alpha value is -0.590. The SMILES string of the molecule is CC(CC#N)NC1CCN2CCCC12. The molecule has 0 bridgehead atoms. The maximum absolute atomic E-state index is 8.60. The fraction of sp³-hybridized carbons (Fsp3) is 0.909. The van der Waals surface area contributed by atoms with E-state index in [1.165, 1.54) is 32.4 Å². The molecular weight excluding hydrogens is 174 g/mol. The molecule has 0 aromatic rings. The maximum Gasteiger partial charge on any atom is 0.0638 e. The van der Waals surface area contributed by atoms with Crippen LogP contribution in [0.2, 0.25) is 0 Å². The molecule has 0 amide bonds. The zero-order valence-electron chi connectivity index (χ0n) is 8.87. The maximum atomic E-state index is 8.60. The topological polar surface area (TPSA) is 39.1 Å². The van der Waals surface area contributed by atoms with E-state index in [1.807, 2.05) is 0 Å². The van der Waals surface area contributed by atoms with E-state index in [4.69, 9.17) is 5.26 Å². The summed E-state index contributed by atoms with van der Waals surface area (Å²) < 4.78 is 0. The standard InChI is InChI=1S/C11H19N3/c1-9(4-6-12)13-10-5-8-14-7-2-3-11(10)14/h9-11,13H,2-5,7-8H2,1H3. The van der Waals surface area contributed by atoms with Crippen LogP contribution in [0.1, 0.15) is 32.6 Å². The van der Waals surface area contributed by atoms with Crippen molar-refractivity contribution in [2.45, 2.75) is 50.7 Å². The van der Waals surface area contributed by atoms with Crippen LogP contribution in [0.3, 0.4) is 0 Å². The van der Waals surface area contributed by atoms with Gasteiger partial charge in [0.2, 0.25) is 0 Å². The Balaban J connectivity index is 1.84. The monoisotopic (exact) mass is 193 g/mol. The molecule has 2 aliphatic rings. The first-order chi connectivity index (χ1) is 6.81. The number of fused-ring (bicyclic) bond motifs is 1. The summed E-state index contributed by atoms with van der Waals surface area (Å²) in [4.78, 5) is 2.59. The molecule has 2 aliphatic heterocycles. The Bertz CT molecular complexity index is 233. The molecule has 0 spiro atoms. The normalized spacial score (nSPS) is 34.0. The van der Waals surface area contributed by atoms with E-state index in [0.717, 1.165) is 6.04 Å². The van der Waals surface area contributed by atoms with Crippen LogP contribution < -0.4 is 5.32 Å². The predicted molar refractivity (Wildman–Crippen MR) is 55.8 cm³/mol. The van der Waals surface area contributed by atoms with Crippen LogP contribution >= 0.6 is 0 Å². The molecule has 2 rings (SSSR count). The average molecular weight is 193 g/mol. The summed E-state index contributed by atoms with van der Waals surface area (Å²) in [5.74, 6) is 0. The van der Waals surface area contributed by atoms with Crippen LogP contribution in [-0.4, -0.2) is 36.1 Å². The summed E-state index contributed by atoms with van der Waals surface area (Å²) in [6, 6.07) is 3.98. The van der Waals surface area contributed by atoms with Crippen LogP contribution in [0.25, 0.3) is 0 Å². The Morgan fingerprint density at radius 3 is 3.14 bits per heavy atom. The third-order valence-electron chi connectivity index (χ3n) is 3.50. The number of nitriles is 1. The quantitative estimate of drug-likeness (QED) is 0.730. The number of hydrogen-bond acceptors (Lipinski definition) is 3. The average Bonchev–Trinajstić information content (AvgIpc) is 2.70. The van der Waals surface area contributed by atoms with Crippen LogP contribution in [0.15, 0.2) is 0 Å². The van der Waals surface area contributed by atoms with E-state index >= 15 is 0 Å². The third-order valence-corrected chi connectivity index (χ3v) is 3.50. The lowest BCUT2D eigenvalue weighted by molar-refractivity contribution is 0.291. The summed E-state index contributed by atoms with van der Waals surface area (Å²) in [6.45, 7) is 4.65. The summed E-state index contributed by atoms with van der Waals surface area (Å²) in [6.07, 6.45) is 4.59. The van der Waals surface area contributed by atoms with Crippen LogP contribution in [0.4, 0.5) is 0 Å². The molecule has 14 heavy (non-hydrogen) atoms. The molecule has 3 nitrogen and oxygen atoms in total. The van der Waals surface area contributed by atoms with Crippen molar-refractivity contribution < 1.29 is 0 Å². The van der Waals surface area contributed by atoms with Crippen molar-refractivity contribution in [1.82, 2.24) is 10.2 Å². The van der Waals surface area contributed by atoms with Gasteiger partial charge in [0.05, 0.1) is 12.5 Å². The predicted octanol–water partition coefficient (Wildman–Crippen LogP) is 1.11. The van der Waals surface area contributed by atoms with Gasteiger partial charge < -0.3 is 5.32 Å². The van der Waals surface area contributed by atoms with Gasteiger partial charge in [0, 0.05) is 24.7 Å². The molecule has 2 saturated heterocycles. The smallest absolute Gasteiger partial charge is 0.0638 e. The second-order valence-corrected chi connectivity index (χ2v) is 4.57. The molecule has 0 saturated carbocycles. The Kier molecular flexibility index (Phi) is 3.05. The zero-order chi connectivity index (χ0) is 9.97. The van der Waals surface area contributed by atoms with Gasteiger partial charge >= 0.3 is 0 Å². The number of nitrogens with zero attached hydrogens (tertiary/aromatic N) is 2. The molecule has 0 radical (unpaired) electrons. The lowest BCUT2D eigenvalue weighted by Gasteiger charge is -2.23. The molecule has 0 aliphatic carbocycles. The Labute approximate surface area is 86.1 Å². The molecular formula is C11H19N3. The highest BCUT2D eigenvalue weighted by Crippen LogP contribution is 2.28. The van der Waals surface area contributed by atoms with Crippen molar-refractivity contribution in [3.05, 3.63) is 0 Å². The largest absolute Gasteiger partial charge is 0.309 e. The Morgan fingerprint density at radius 1 is 1.50 bits per heavy atom. The number of rotatable bonds is 3. The fourth-order valence-electron chi connectivity index (χ4n) is 2.84. The van der Waals surface area contributed by atoms with Gasteiger partial charge in [-0.3, -0.25) is 4.90 Å². The van der Waals surface area contributed by atoms with Crippen LogP contribution in [-0.2, 0) is 0 Å². The van der Waals surface area contributed by atoms with Crippen molar-refractivity contribution in [2.24, 2.45) is 0 Å². The van der Waals surface area contributed by atoms with Gasteiger partial charge in [0.1, 0.15) is 0 Å². The molecule has 3 unspecified atom stereocenters. The van der Waals surface area contributed by atoms with Gasteiger partial charge in [-0.2, -0.15) is 5.26 Å². The molecule has 1 N–H and O–H groups in total. The van der Waals surface area contributed by atoms with Crippen molar-refractivity contribution >= 4 is 0 Å². The van der Waals surface area contributed by atoms with Gasteiger partial charge in [0.25, 0.3) is 0 Å². The molecule has 3 atom stereocenters. The van der Waals surface area contributed by atoms with Gasteiger partial charge in [-0.1, -0.05) is 0 Å². The van der Waals surface area contributed by atoms with Crippen LogP contribution in [0, 0.1) is 11.3 Å². The van der Waals surface area contributed by atoms with E-state index < -0.39 is 0 Å². The molecule has 0 aromatic carbocycles. The highest BCUT2D eigenvalue weighted by molar-refractivity contribution is 4.97. The zero-order valence-corrected chi connectivity index (χ0v) is 8.87. The first-order valence-electron chi connectivity index (χ1n) is 5.68. The van der Waals surface area contributed by atoms with Crippen molar-refractivity contribution in [2.75, 3.05) is 13.1 Å². The first kappa shape index (κ1) is 9.95. The van der Waals surface area contributed by atoms with E-state index in [-0.39, 0.29) is 0 Å². The van der Waals surface area contributed by atoms with Gasteiger partial charge in [-0.15, -0.1) is 0 Å². The van der Waals surface area contributed by atoms with Crippen LogP contribution in [0.5, 0.6) is 0 Å². The second kappa shape index (κ2) is 4.29. The minimum Gasteiger partial charge on any atom is -0.309 e. The lowest BCUT2D eigenvalue weighted by Crippen LogP contribution is -2.43. The molecule has 78 valence electrons. The molecule has 2 fully saturated rings. The first-order valence-corrected chi connectivity index (χ1v) is 5.68. The summed E-state index contributed by atoms with van der Waals surface area (Å²) >= 11 is 0.